The van der Waals surface area contributed by atoms with E-state index in [-0.39, 0.29) is 22.7 Å². The molecule has 1 fully saturated rings. The summed E-state index contributed by atoms with van der Waals surface area (Å²) in [6, 6.07) is 11.4. The number of aliphatic hydroxyl groups excluding tert-OH is 2. The summed E-state index contributed by atoms with van der Waals surface area (Å²) in [6.45, 7) is -0.103. The molecule has 2 aromatic carbocycles. The van der Waals surface area contributed by atoms with Crippen LogP contribution in [0.1, 0.15) is 27.0 Å². The van der Waals surface area contributed by atoms with Gasteiger partial charge in [-0.3, -0.25) is 9.36 Å². The first-order chi connectivity index (χ1) is 20.8. The number of rotatable bonds is 11. The molecular formula is C27H31F2N6O7PS. The van der Waals surface area contributed by atoms with E-state index >= 15 is 0 Å². The number of hydrogen-bond donors (Lipinski definition) is 4. The van der Waals surface area contributed by atoms with Crippen molar-refractivity contribution >= 4 is 52.2 Å². The van der Waals surface area contributed by atoms with Crippen LogP contribution in [0, 0.1) is 0 Å². The molecule has 0 radical (unpaired) electrons. The fourth-order valence-corrected chi connectivity index (χ4v) is 7.13. The Morgan fingerprint density at radius 2 is 1.91 bits per heavy atom. The quantitative estimate of drug-likeness (QED) is 0.138. The zero-order valence-corrected chi connectivity index (χ0v) is 25.5. The largest absolute Gasteiger partial charge is 0.462 e. The topological polar surface area (TPSA) is 176 Å². The van der Waals surface area contributed by atoms with Crippen LogP contribution in [0.3, 0.4) is 0 Å². The first-order valence-corrected chi connectivity index (χ1v) is 16.1. The predicted molar refractivity (Wildman–Crippen MR) is 159 cm³/mol. The lowest BCUT2D eigenvalue weighted by atomic mass is 9.96. The fourth-order valence-electron chi connectivity index (χ4n) is 4.71. The molecule has 236 valence electrons. The van der Waals surface area contributed by atoms with Crippen LogP contribution >= 0.6 is 6.64 Å². The number of nitrogen functional groups attached to an aromatic ring is 1. The number of esters is 1. The Balaban J connectivity index is 1.45. The van der Waals surface area contributed by atoms with Gasteiger partial charge >= 0.3 is 12.6 Å². The Labute approximate surface area is 255 Å². The number of aliphatic hydroxyl groups is 2. The van der Waals surface area contributed by atoms with Crippen molar-refractivity contribution in [3.05, 3.63) is 55.1 Å². The highest BCUT2D eigenvalue weighted by Crippen LogP contribution is 2.50. The number of anilines is 1. The van der Waals surface area contributed by atoms with Crippen LogP contribution < -0.4 is 15.3 Å². The molecule has 4 aromatic rings. The van der Waals surface area contributed by atoms with Gasteiger partial charge in [-0.2, -0.15) is 0 Å². The number of imidazole rings is 1. The minimum atomic E-state index is -3.86. The lowest BCUT2D eigenvalue weighted by Gasteiger charge is -2.34. The van der Waals surface area contributed by atoms with Crippen LogP contribution in [-0.2, 0) is 30.6 Å². The Kier molecular flexibility index (Phi) is 9.14. The van der Waals surface area contributed by atoms with E-state index in [4.69, 9.17) is 36.1 Å². The highest BCUT2D eigenvalue weighted by molar-refractivity contribution is 8.09. The molecular weight excluding hydrogens is 621 g/mol. The molecule has 0 bridgehead atoms. The zero-order valence-electron chi connectivity index (χ0n) is 23.8. The number of nitrogens with zero attached hydrogens (tertiary/aromatic N) is 4. The number of carbonyl (C=O) groups excluding carboxylic acids is 1. The Bertz CT molecular complexity index is 1710. The standard InChI is InChI=1S/C27H31F2N6O7PS/c1-14(2)40-25(38)15(3)34-43(44,42-18-9-8-16-6-4-5-7-17(16)10-18)39-11-27(26(28)29)21(37)20(36)24(41-27)35-13-33-19-22(30)31-12-32-23(19)35/h4-10,12-15,20-21,24,26,36-37H,11H2,1-3H3,(H,34,44)(H2,30,31,32)/t15-,20-,21-,24+,27+,43?/m0/s1. The number of fused-ring (bicyclic) bond motifs is 2. The van der Waals surface area contributed by atoms with Gasteiger partial charge in [0.25, 0.3) is 6.43 Å². The van der Waals surface area contributed by atoms with Crippen molar-refractivity contribution in [3.63, 3.8) is 0 Å². The molecule has 1 unspecified atom stereocenters. The molecule has 0 aliphatic carbocycles. The molecule has 6 atom stereocenters. The summed E-state index contributed by atoms with van der Waals surface area (Å²) in [5.41, 5.74) is 3.28. The Morgan fingerprint density at radius 1 is 1.18 bits per heavy atom. The lowest BCUT2D eigenvalue weighted by molar-refractivity contribution is -0.191. The van der Waals surface area contributed by atoms with E-state index in [9.17, 15) is 23.8 Å². The second-order valence-corrected chi connectivity index (χ2v) is 13.6. The number of alkyl halides is 2. The monoisotopic (exact) mass is 652 g/mol. The summed E-state index contributed by atoms with van der Waals surface area (Å²) < 4.78 is 53.6. The third kappa shape index (κ3) is 6.24. The Hall–Kier alpha value is -3.37. The second kappa shape index (κ2) is 12.6. The highest BCUT2D eigenvalue weighted by atomic mass is 32.5. The number of aromatic nitrogens is 4. The van der Waals surface area contributed by atoms with Gasteiger partial charge in [0.15, 0.2) is 23.3 Å². The third-order valence-electron chi connectivity index (χ3n) is 6.95. The molecule has 1 saturated heterocycles. The van der Waals surface area contributed by atoms with E-state index < -0.39 is 61.8 Å². The van der Waals surface area contributed by atoms with Gasteiger partial charge in [-0.1, -0.05) is 30.3 Å². The van der Waals surface area contributed by atoms with E-state index in [1.54, 1.807) is 32.0 Å². The average molecular weight is 653 g/mol. The van der Waals surface area contributed by atoms with Crippen LogP contribution in [-0.4, -0.2) is 78.7 Å². The van der Waals surface area contributed by atoms with Crippen LogP contribution in [0.4, 0.5) is 14.6 Å². The SMILES string of the molecule is CC(C)OC(=O)[C@H](C)NP(=S)(OC[C@@]1(C(F)F)O[C@@H](n2cnc3c(N)ncnc32)[C@@H](O)[C@@H]1O)Oc1ccc2ccccc2c1. The summed E-state index contributed by atoms with van der Waals surface area (Å²) in [4.78, 5) is 24.6. The minimum absolute atomic E-state index is 0.0213. The first-order valence-electron chi connectivity index (χ1n) is 13.5. The number of carbonyl (C=O) groups is 1. The molecule has 17 heteroatoms. The van der Waals surface area contributed by atoms with Crippen LogP contribution in [0.2, 0.25) is 0 Å². The van der Waals surface area contributed by atoms with E-state index in [0.29, 0.717) is 0 Å². The second-order valence-electron chi connectivity index (χ2n) is 10.5. The molecule has 1 aliphatic rings. The molecule has 13 nitrogen and oxygen atoms in total. The summed E-state index contributed by atoms with van der Waals surface area (Å²) in [6.07, 6.45) is -7.09. The van der Waals surface area contributed by atoms with Crippen molar-refractivity contribution in [3.8, 4) is 5.75 Å². The number of ether oxygens (including phenoxy) is 2. The van der Waals surface area contributed by atoms with Gasteiger partial charge in [0.2, 0.25) is 0 Å². The smallest absolute Gasteiger partial charge is 0.323 e. The zero-order chi connectivity index (χ0) is 31.8. The van der Waals surface area contributed by atoms with Gasteiger partial charge in [-0.05, 0) is 55.5 Å². The van der Waals surface area contributed by atoms with E-state index in [0.717, 1.165) is 21.7 Å². The number of benzene rings is 2. The number of halogens is 2. The third-order valence-corrected chi connectivity index (χ3v) is 9.43. The van der Waals surface area contributed by atoms with Crippen molar-refractivity contribution in [2.24, 2.45) is 0 Å². The van der Waals surface area contributed by atoms with Crippen molar-refractivity contribution in [2.45, 2.75) is 63.4 Å². The van der Waals surface area contributed by atoms with Crippen LogP contribution in [0.15, 0.2) is 55.1 Å². The number of nitrogens with two attached hydrogens (primary N) is 1. The highest BCUT2D eigenvalue weighted by Gasteiger charge is 2.61. The van der Waals surface area contributed by atoms with E-state index in [1.807, 2.05) is 24.3 Å². The lowest BCUT2D eigenvalue weighted by Crippen LogP contribution is -2.53. The summed E-state index contributed by atoms with van der Waals surface area (Å²) in [5.74, 6) is -0.416. The predicted octanol–water partition coefficient (Wildman–Crippen LogP) is 3.07. The van der Waals surface area contributed by atoms with Crippen LogP contribution in [0.5, 0.6) is 5.75 Å². The van der Waals surface area contributed by atoms with Gasteiger partial charge in [0.05, 0.1) is 19.0 Å². The van der Waals surface area contributed by atoms with Crippen molar-refractivity contribution in [2.75, 3.05) is 12.3 Å². The molecule has 0 saturated carbocycles. The first kappa shape index (κ1) is 32.0. The van der Waals surface area contributed by atoms with E-state index in [2.05, 4.69) is 20.0 Å². The van der Waals surface area contributed by atoms with Gasteiger partial charge < -0.3 is 34.5 Å². The maximum Gasteiger partial charge on any atom is 0.323 e. The fraction of sp³-hybridized carbons (Fsp3) is 0.407. The molecule has 5 N–H and O–H groups in total. The summed E-state index contributed by atoms with van der Waals surface area (Å²) in [5, 5.41) is 26.4. The van der Waals surface area contributed by atoms with Crippen molar-refractivity contribution in [1.82, 2.24) is 24.6 Å². The maximum absolute atomic E-state index is 14.8. The molecule has 3 heterocycles. The summed E-state index contributed by atoms with van der Waals surface area (Å²) in [7, 11) is 0. The normalized spacial score (nSPS) is 24.2. The van der Waals surface area contributed by atoms with Gasteiger partial charge in [-0.15, -0.1) is 0 Å². The molecule has 0 amide bonds. The van der Waals surface area contributed by atoms with Crippen molar-refractivity contribution in [1.29, 1.82) is 0 Å². The van der Waals surface area contributed by atoms with E-state index in [1.165, 1.54) is 13.3 Å². The molecule has 44 heavy (non-hydrogen) atoms. The Morgan fingerprint density at radius 3 is 2.61 bits per heavy atom. The summed E-state index contributed by atoms with van der Waals surface area (Å²) >= 11 is 5.70. The number of nitrogens with one attached hydrogen (secondary N) is 1. The van der Waals surface area contributed by atoms with Gasteiger partial charge in [0.1, 0.15) is 35.8 Å². The molecule has 5 rings (SSSR count). The molecule has 1 aliphatic heterocycles. The van der Waals surface area contributed by atoms with Crippen molar-refractivity contribution < 1.29 is 42.3 Å². The maximum atomic E-state index is 14.8. The van der Waals surface area contributed by atoms with Gasteiger partial charge in [0, 0.05) is 0 Å². The van der Waals surface area contributed by atoms with Crippen LogP contribution in [0.25, 0.3) is 21.9 Å². The average Bonchev–Trinajstić information content (AvgIpc) is 3.51. The van der Waals surface area contributed by atoms with Gasteiger partial charge in [-0.25, -0.2) is 28.8 Å². The number of hydrogen-bond acceptors (Lipinski definition) is 12. The molecule has 2 aromatic heterocycles. The molecule has 0 spiro atoms. The minimum Gasteiger partial charge on any atom is -0.462 e.